The summed E-state index contributed by atoms with van der Waals surface area (Å²) in [5.74, 6) is -2.61. The van der Waals surface area contributed by atoms with Gasteiger partial charge in [-0.05, 0) is 24.1 Å². The number of aliphatic imine (C=N–C) groups is 3. The maximum absolute atomic E-state index is 14.2. The second-order valence-electron chi connectivity index (χ2n) is 12.7. The lowest BCUT2D eigenvalue weighted by atomic mass is 9.79. The van der Waals surface area contributed by atoms with Crippen LogP contribution < -0.4 is 20.1 Å². The van der Waals surface area contributed by atoms with Gasteiger partial charge in [0, 0.05) is 40.5 Å². The van der Waals surface area contributed by atoms with Crippen LogP contribution in [0, 0.1) is 0 Å². The highest BCUT2D eigenvalue weighted by atomic mass is 16.7. The molecule has 52 heavy (non-hydrogen) atoms. The summed E-state index contributed by atoms with van der Waals surface area (Å²) in [5.41, 5.74) is 7.69. The molecule has 3 aromatic rings. The topological polar surface area (TPSA) is 235 Å². The van der Waals surface area contributed by atoms with E-state index in [0.29, 0.717) is 16.8 Å². The number of amides is 1. The summed E-state index contributed by atoms with van der Waals surface area (Å²) < 4.78 is 24.4. The number of rotatable bonds is 5. The fourth-order valence-electron chi connectivity index (χ4n) is 7.23. The minimum atomic E-state index is -1.76. The van der Waals surface area contributed by atoms with Gasteiger partial charge in [-0.2, -0.15) is 9.98 Å². The third kappa shape index (κ3) is 5.47. The first-order valence-corrected chi connectivity index (χ1v) is 16.6. The number of nitrogens with zero attached hydrogens (tertiary/aromatic N) is 4. The largest absolute Gasteiger partial charge is 0.486 e. The van der Waals surface area contributed by atoms with Crippen molar-refractivity contribution < 1.29 is 53.8 Å². The van der Waals surface area contributed by atoms with Crippen molar-refractivity contribution >= 4 is 40.7 Å². The first-order chi connectivity index (χ1) is 25.2. The molecule has 16 nitrogen and oxygen atoms in total. The third-order valence-corrected chi connectivity index (χ3v) is 9.68. The Kier molecular flexibility index (Phi) is 8.65. The van der Waals surface area contributed by atoms with E-state index in [-0.39, 0.29) is 84.2 Å². The van der Waals surface area contributed by atoms with E-state index in [1.54, 1.807) is 47.4 Å². The summed E-state index contributed by atoms with van der Waals surface area (Å²) in [6.45, 7) is -0.855. The average molecular weight is 712 g/mol. The molecule has 4 aliphatic heterocycles. The quantitative estimate of drug-likeness (QED) is 0.184. The van der Waals surface area contributed by atoms with Gasteiger partial charge in [0.2, 0.25) is 12.2 Å². The molecule has 1 aliphatic carbocycles. The zero-order chi connectivity index (χ0) is 36.3. The van der Waals surface area contributed by atoms with Crippen molar-refractivity contribution in [1.29, 1.82) is 0 Å². The molecule has 1 fully saturated rings. The number of ether oxygens (including phenoxy) is 4. The molecule has 16 heteroatoms. The van der Waals surface area contributed by atoms with Gasteiger partial charge >= 0.3 is 5.91 Å². The normalized spacial score (nSPS) is 26.8. The van der Waals surface area contributed by atoms with E-state index >= 15 is 0 Å². The molecule has 6 N–H and O–H groups in total. The van der Waals surface area contributed by atoms with Gasteiger partial charge in [-0.1, -0.05) is 42.5 Å². The zero-order valence-corrected chi connectivity index (χ0v) is 27.4. The number of carbonyl (C=O) groups excluding carboxylic acids is 3. The van der Waals surface area contributed by atoms with Crippen LogP contribution in [-0.2, 0) is 14.3 Å². The number of hydrogen-bond donors (Lipinski definition) is 5. The van der Waals surface area contributed by atoms with Crippen LogP contribution in [0.1, 0.15) is 55.3 Å². The molecule has 4 heterocycles. The fraction of sp³-hybridized carbons (Fsp3) is 0.333. The number of ketones is 2. The van der Waals surface area contributed by atoms with E-state index in [1.165, 1.54) is 6.07 Å². The van der Waals surface area contributed by atoms with Crippen molar-refractivity contribution in [2.24, 2.45) is 20.7 Å². The summed E-state index contributed by atoms with van der Waals surface area (Å²) in [6.07, 6.45) is -7.47. The second-order valence-corrected chi connectivity index (χ2v) is 12.7. The Hall–Kier alpha value is -5.36. The maximum atomic E-state index is 14.2. The number of nitrogens with two attached hydrogens (primary N) is 1. The Labute approximate surface area is 295 Å². The number of guanidine groups is 1. The molecule has 8 rings (SSSR count). The minimum absolute atomic E-state index is 0.0185. The number of aliphatic hydroxyl groups is 4. The molecular weight excluding hydrogens is 678 g/mol. The summed E-state index contributed by atoms with van der Waals surface area (Å²) in [4.78, 5) is 55.2. The highest BCUT2D eigenvalue weighted by molar-refractivity contribution is 6.72. The van der Waals surface area contributed by atoms with Crippen LogP contribution >= 0.6 is 0 Å². The number of carbonyl (C=O) groups is 3. The molecule has 2 bridgehead atoms. The predicted molar refractivity (Wildman–Crippen MR) is 182 cm³/mol. The van der Waals surface area contributed by atoms with Gasteiger partial charge in [-0.25, -0.2) is 0 Å². The van der Waals surface area contributed by atoms with Crippen molar-refractivity contribution in [1.82, 2.24) is 0 Å². The van der Waals surface area contributed by atoms with Crippen molar-refractivity contribution in [3.05, 3.63) is 88.0 Å². The Morgan fingerprint density at radius 2 is 1.65 bits per heavy atom. The molecular formula is C36H33N5O11. The number of anilines is 1. The Morgan fingerprint density at radius 3 is 2.44 bits per heavy atom. The van der Waals surface area contributed by atoms with Crippen LogP contribution in [0.2, 0.25) is 0 Å². The van der Waals surface area contributed by atoms with E-state index in [9.17, 15) is 34.8 Å². The molecule has 0 spiro atoms. The number of hydrogen-bond acceptors (Lipinski definition) is 15. The van der Waals surface area contributed by atoms with Gasteiger partial charge < -0.3 is 50.0 Å². The smallest absolute Gasteiger partial charge is 0.302 e. The van der Waals surface area contributed by atoms with Crippen molar-refractivity contribution in [2.75, 3.05) is 38.0 Å². The summed E-state index contributed by atoms with van der Waals surface area (Å²) in [5, 5.41) is 42.5. The number of para-hydroxylation sites is 1. The van der Waals surface area contributed by atoms with Gasteiger partial charge in [-0.3, -0.25) is 19.4 Å². The van der Waals surface area contributed by atoms with E-state index in [0.717, 1.165) is 0 Å². The lowest BCUT2D eigenvalue weighted by Crippen LogP contribution is -2.60. The van der Waals surface area contributed by atoms with E-state index in [2.05, 4.69) is 15.0 Å². The maximum Gasteiger partial charge on any atom is 0.302 e. The Bertz CT molecular complexity index is 2100. The number of aliphatic hydroxyl groups excluding tert-OH is 4. The van der Waals surface area contributed by atoms with Crippen LogP contribution in [0.3, 0.4) is 0 Å². The Balaban J connectivity index is 1.36. The van der Waals surface area contributed by atoms with Crippen molar-refractivity contribution in [2.45, 2.75) is 43.0 Å². The summed E-state index contributed by atoms with van der Waals surface area (Å²) >= 11 is 0. The number of amidine groups is 1. The minimum Gasteiger partial charge on any atom is -0.486 e. The molecule has 6 atom stereocenters. The number of fused-ring (bicyclic) bond motifs is 6. The van der Waals surface area contributed by atoms with Crippen LogP contribution in [-0.4, -0.2) is 119 Å². The summed E-state index contributed by atoms with van der Waals surface area (Å²) in [6, 6.07) is 15.1. The molecule has 0 aromatic heterocycles. The average Bonchev–Trinajstić information content (AvgIpc) is 3.56. The lowest BCUT2D eigenvalue weighted by molar-refractivity contribution is -0.279. The highest BCUT2D eigenvalue weighted by Gasteiger charge is 2.47. The fourth-order valence-corrected chi connectivity index (χ4v) is 7.23. The van der Waals surface area contributed by atoms with Crippen LogP contribution in [0.15, 0.2) is 69.6 Å². The van der Waals surface area contributed by atoms with Crippen molar-refractivity contribution in [3.8, 4) is 11.5 Å². The SMILES string of the molecule is NC1=NC(=O)C2=NCN(c3ccccc3[C@@H]3CCOC[C@@H]4O[C@H](Oc5c3cc3c(c5OCCO)C(=O)c5ccccc5C3=O)[C@@H](O)[C@H](O)[C@H]4O)C2=N1. The van der Waals surface area contributed by atoms with Gasteiger partial charge in [0.05, 0.1) is 18.8 Å². The van der Waals surface area contributed by atoms with Gasteiger partial charge in [0.1, 0.15) is 37.7 Å². The molecule has 1 saturated heterocycles. The molecule has 5 aliphatic rings. The molecule has 0 radical (unpaired) electrons. The molecule has 0 saturated carbocycles. The standard InChI is InChI=1S/C36H33N5O11/c37-36-39-33-25(34(48)40-36)38-15-41(33)22-8-4-3-5-17(22)16-9-11-49-14-23-28(45)29(46)30(47)35(51-23)52-31-20(16)13-21-24(32(31)50-12-10-42)27(44)19-7-2-1-6-18(19)26(21)43/h1-8,13,16,23,28-30,35,42,45-47H,9-12,14-15H2,(H2,37,40,48)/t16-,23-,28-,29+,30-,35+/m0/s1. The lowest BCUT2D eigenvalue weighted by Gasteiger charge is -2.40. The van der Waals surface area contributed by atoms with Crippen LogP contribution in [0.25, 0.3) is 0 Å². The molecule has 3 aromatic carbocycles. The van der Waals surface area contributed by atoms with E-state index < -0.39 is 60.7 Å². The van der Waals surface area contributed by atoms with Crippen LogP contribution in [0.5, 0.6) is 11.5 Å². The van der Waals surface area contributed by atoms with Gasteiger partial charge in [-0.15, -0.1) is 0 Å². The zero-order valence-electron chi connectivity index (χ0n) is 27.4. The second kappa shape index (κ2) is 13.3. The first-order valence-electron chi connectivity index (χ1n) is 16.6. The molecule has 0 unspecified atom stereocenters. The van der Waals surface area contributed by atoms with E-state index in [4.69, 9.17) is 24.7 Å². The Morgan fingerprint density at radius 1 is 0.904 bits per heavy atom. The first kappa shape index (κ1) is 33.8. The molecule has 268 valence electrons. The van der Waals surface area contributed by atoms with Crippen LogP contribution in [0.4, 0.5) is 5.69 Å². The highest BCUT2D eigenvalue weighted by Crippen LogP contribution is 2.49. The van der Waals surface area contributed by atoms with Gasteiger partial charge in [0.25, 0.3) is 0 Å². The van der Waals surface area contributed by atoms with Gasteiger partial charge in [0.15, 0.2) is 34.6 Å². The number of benzene rings is 3. The van der Waals surface area contributed by atoms with E-state index in [1.807, 2.05) is 6.07 Å². The monoisotopic (exact) mass is 711 g/mol. The van der Waals surface area contributed by atoms with Crippen molar-refractivity contribution in [3.63, 3.8) is 0 Å². The molecule has 1 amide bonds. The third-order valence-electron chi connectivity index (χ3n) is 9.68. The predicted octanol–water partition coefficient (Wildman–Crippen LogP) is 0.0436. The summed E-state index contributed by atoms with van der Waals surface area (Å²) in [7, 11) is 0.